The van der Waals surface area contributed by atoms with E-state index in [-0.39, 0.29) is 17.6 Å². The van der Waals surface area contributed by atoms with E-state index in [1.807, 2.05) is 30.5 Å². The zero-order chi connectivity index (χ0) is 25.9. The summed E-state index contributed by atoms with van der Waals surface area (Å²) in [6.07, 6.45) is 2.81. The molecule has 5 rings (SSSR count). The molecular weight excluding hydrogens is 486 g/mol. The molecule has 37 heavy (non-hydrogen) atoms. The average Bonchev–Trinajstić information content (AvgIpc) is 3.39. The Morgan fingerprint density at radius 3 is 2.68 bits per heavy atom. The molecule has 0 amide bonds. The van der Waals surface area contributed by atoms with Gasteiger partial charge >= 0.3 is 5.97 Å². The summed E-state index contributed by atoms with van der Waals surface area (Å²) in [6, 6.07) is 15.1. The van der Waals surface area contributed by atoms with E-state index in [1.165, 1.54) is 0 Å². The zero-order valence-electron chi connectivity index (χ0n) is 21.3. The highest BCUT2D eigenvalue weighted by Gasteiger charge is 2.41. The number of thiocarbonyl (C=S) groups is 1. The van der Waals surface area contributed by atoms with Crippen molar-refractivity contribution in [2.45, 2.75) is 32.4 Å². The van der Waals surface area contributed by atoms with Gasteiger partial charge in [0, 0.05) is 49.5 Å². The van der Waals surface area contributed by atoms with E-state index in [9.17, 15) is 9.90 Å². The van der Waals surface area contributed by atoms with Crippen LogP contribution < -0.4 is 5.32 Å². The van der Waals surface area contributed by atoms with Gasteiger partial charge in [0.1, 0.15) is 0 Å². The van der Waals surface area contributed by atoms with Crippen molar-refractivity contribution in [1.29, 1.82) is 0 Å². The number of nitrogens with zero attached hydrogens (tertiary/aromatic N) is 4. The normalized spacial score (nSPS) is 20.3. The van der Waals surface area contributed by atoms with Crippen molar-refractivity contribution in [3.63, 3.8) is 0 Å². The lowest BCUT2D eigenvalue weighted by atomic mass is 9.96. The van der Waals surface area contributed by atoms with Crippen LogP contribution >= 0.6 is 12.2 Å². The molecule has 2 atom stereocenters. The van der Waals surface area contributed by atoms with Gasteiger partial charge in [0.2, 0.25) is 0 Å². The van der Waals surface area contributed by atoms with Gasteiger partial charge in [-0.05, 0) is 74.4 Å². The van der Waals surface area contributed by atoms with Gasteiger partial charge in [-0.3, -0.25) is 9.88 Å². The molecule has 1 aromatic carbocycles. The summed E-state index contributed by atoms with van der Waals surface area (Å²) in [5, 5.41) is 13.8. The molecule has 2 unspecified atom stereocenters. The Bertz CT molecular complexity index is 1270. The van der Waals surface area contributed by atoms with E-state index in [4.69, 9.17) is 17.0 Å². The van der Waals surface area contributed by atoms with Crippen molar-refractivity contribution >= 4 is 23.3 Å². The number of pyridine rings is 1. The number of benzene rings is 1. The van der Waals surface area contributed by atoms with Crippen molar-refractivity contribution in [2.24, 2.45) is 0 Å². The number of carbonyl (C=O) groups is 1. The molecule has 9 heteroatoms. The van der Waals surface area contributed by atoms with Crippen LogP contribution in [0, 0.1) is 13.8 Å². The third-order valence-electron chi connectivity index (χ3n) is 7.32. The summed E-state index contributed by atoms with van der Waals surface area (Å²) in [5.74, 6) is -0.934. The smallest absolute Gasteiger partial charge is 0.335 e. The Hall–Kier alpha value is -3.27. The van der Waals surface area contributed by atoms with Crippen molar-refractivity contribution in [3.8, 4) is 5.69 Å². The molecule has 194 valence electrons. The molecule has 2 aliphatic heterocycles. The predicted molar refractivity (Wildman–Crippen MR) is 146 cm³/mol. The lowest BCUT2D eigenvalue weighted by Gasteiger charge is -2.30. The second-order valence-electron chi connectivity index (χ2n) is 9.64. The minimum Gasteiger partial charge on any atom is -0.478 e. The van der Waals surface area contributed by atoms with Crippen LogP contribution in [0.15, 0.2) is 54.7 Å². The molecule has 0 saturated carbocycles. The summed E-state index contributed by atoms with van der Waals surface area (Å²) in [4.78, 5) is 21.0. The average molecular weight is 520 g/mol. The summed E-state index contributed by atoms with van der Waals surface area (Å²) < 4.78 is 7.62. The van der Waals surface area contributed by atoms with E-state index in [0.29, 0.717) is 0 Å². The molecule has 0 radical (unpaired) electrons. The van der Waals surface area contributed by atoms with Gasteiger partial charge in [-0.1, -0.05) is 12.1 Å². The number of carboxylic acid groups (broad SMARTS) is 1. The fraction of sp³-hybridized carbons (Fsp3) is 0.393. The molecule has 2 aliphatic rings. The second kappa shape index (κ2) is 11.0. The van der Waals surface area contributed by atoms with Crippen LogP contribution in [0.2, 0.25) is 0 Å². The summed E-state index contributed by atoms with van der Waals surface area (Å²) >= 11 is 5.87. The molecule has 2 N–H and O–H groups in total. The Morgan fingerprint density at radius 2 is 1.95 bits per heavy atom. The molecule has 0 aliphatic carbocycles. The second-order valence-corrected chi connectivity index (χ2v) is 10.0. The van der Waals surface area contributed by atoms with Gasteiger partial charge in [0.05, 0.1) is 36.6 Å². The first-order chi connectivity index (χ1) is 17.9. The van der Waals surface area contributed by atoms with Crippen LogP contribution in [-0.4, -0.2) is 74.9 Å². The van der Waals surface area contributed by atoms with Crippen LogP contribution in [0.5, 0.6) is 0 Å². The topological polar surface area (TPSA) is 82.9 Å². The SMILES string of the molecule is Cc1cc(C2C(c3ccccn3)NC(=S)N2CCCN2CCOCC2)c(C)n1-c1cccc(C(=O)O)c1. The molecule has 2 fully saturated rings. The first kappa shape index (κ1) is 25.4. The third-order valence-corrected chi connectivity index (χ3v) is 7.67. The van der Waals surface area contributed by atoms with E-state index in [0.717, 1.165) is 79.3 Å². The van der Waals surface area contributed by atoms with Gasteiger partial charge in [-0.15, -0.1) is 0 Å². The lowest BCUT2D eigenvalue weighted by molar-refractivity contribution is 0.0365. The van der Waals surface area contributed by atoms with Crippen LogP contribution in [0.1, 0.15) is 51.5 Å². The quantitative estimate of drug-likeness (QED) is 0.434. The number of nitrogens with one attached hydrogen (secondary N) is 1. The Labute approximate surface area is 222 Å². The van der Waals surface area contributed by atoms with Crippen molar-refractivity contribution in [1.82, 2.24) is 24.7 Å². The fourth-order valence-electron chi connectivity index (χ4n) is 5.54. The number of ether oxygens (including phenoxy) is 1. The van der Waals surface area contributed by atoms with Crippen molar-refractivity contribution in [3.05, 3.63) is 82.9 Å². The first-order valence-electron chi connectivity index (χ1n) is 12.7. The number of morpholine rings is 1. The Morgan fingerprint density at radius 1 is 1.14 bits per heavy atom. The molecule has 3 aromatic rings. The first-order valence-corrected chi connectivity index (χ1v) is 13.2. The molecule has 2 saturated heterocycles. The van der Waals surface area contributed by atoms with Crippen molar-refractivity contribution in [2.75, 3.05) is 39.4 Å². The maximum absolute atomic E-state index is 11.6. The Balaban J connectivity index is 1.49. The zero-order valence-corrected chi connectivity index (χ0v) is 22.1. The number of aromatic nitrogens is 2. The third kappa shape index (κ3) is 5.25. The number of carboxylic acids is 1. The summed E-state index contributed by atoms with van der Waals surface area (Å²) in [7, 11) is 0. The number of rotatable bonds is 8. The van der Waals surface area contributed by atoms with Gasteiger partial charge in [0.25, 0.3) is 0 Å². The minimum absolute atomic E-state index is 0.0327. The monoisotopic (exact) mass is 519 g/mol. The highest BCUT2D eigenvalue weighted by molar-refractivity contribution is 7.80. The lowest BCUT2D eigenvalue weighted by Crippen LogP contribution is -2.39. The largest absolute Gasteiger partial charge is 0.478 e. The summed E-state index contributed by atoms with van der Waals surface area (Å²) in [6.45, 7) is 9.52. The minimum atomic E-state index is -0.934. The Kier molecular flexibility index (Phi) is 7.55. The maximum Gasteiger partial charge on any atom is 0.335 e. The molecule has 0 bridgehead atoms. The number of hydrogen-bond donors (Lipinski definition) is 2. The number of aryl methyl sites for hydroxylation is 1. The van der Waals surface area contributed by atoms with Crippen LogP contribution in [0.3, 0.4) is 0 Å². The highest BCUT2D eigenvalue weighted by Crippen LogP contribution is 2.41. The summed E-state index contributed by atoms with van der Waals surface area (Å²) in [5.41, 5.74) is 5.32. The van der Waals surface area contributed by atoms with E-state index < -0.39 is 5.97 Å². The van der Waals surface area contributed by atoms with Crippen LogP contribution in [-0.2, 0) is 4.74 Å². The van der Waals surface area contributed by atoms with E-state index in [1.54, 1.807) is 18.2 Å². The number of aromatic carboxylic acids is 1. The van der Waals surface area contributed by atoms with Gasteiger partial charge in [-0.25, -0.2) is 4.79 Å². The molecule has 4 heterocycles. The van der Waals surface area contributed by atoms with Crippen molar-refractivity contribution < 1.29 is 14.6 Å². The molecular formula is C28H33N5O3S. The van der Waals surface area contributed by atoms with Crippen LogP contribution in [0.4, 0.5) is 0 Å². The van der Waals surface area contributed by atoms with Gasteiger partial charge < -0.3 is 24.6 Å². The fourth-order valence-corrected chi connectivity index (χ4v) is 5.87. The van der Waals surface area contributed by atoms with Crippen LogP contribution in [0.25, 0.3) is 5.69 Å². The van der Waals surface area contributed by atoms with Gasteiger partial charge in [-0.2, -0.15) is 0 Å². The molecule has 0 spiro atoms. The molecule has 8 nitrogen and oxygen atoms in total. The van der Waals surface area contributed by atoms with E-state index in [2.05, 4.69) is 44.6 Å². The van der Waals surface area contributed by atoms with Gasteiger partial charge in [0.15, 0.2) is 5.11 Å². The standard InChI is InChI=1S/C28H33N5O3S/c1-19-17-23(20(2)33(19)22-8-5-7-21(18-22)27(34)35)26-25(24-9-3-4-10-29-24)30-28(37)32(26)12-6-11-31-13-15-36-16-14-31/h3-5,7-10,17-18,25-26H,6,11-16H2,1-2H3,(H,30,37)(H,34,35). The molecule has 2 aromatic heterocycles. The predicted octanol–water partition coefficient (Wildman–Crippen LogP) is 3.88. The number of hydrogen-bond acceptors (Lipinski definition) is 5. The van der Waals surface area contributed by atoms with E-state index >= 15 is 0 Å². The maximum atomic E-state index is 11.6. The highest BCUT2D eigenvalue weighted by atomic mass is 32.1.